The molecule has 206 valence electrons. The third kappa shape index (κ3) is 5.58. The van der Waals surface area contributed by atoms with Crippen molar-refractivity contribution in [3.8, 4) is 5.75 Å². The Morgan fingerprint density at radius 2 is 1.71 bits per heavy atom. The second kappa shape index (κ2) is 9.57. The average molecular weight is 563 g/mol. The van der Waals surface area contributed by atoms with Crippen LogP contribution in [0, 0.1) is 5.41 Å². The molecule has 0 radical (unpaired) electrons. The van der Waals surface area contributed by atoms with Crippen molar-refractivity contribution in [1.29, 1.82) is 0 Å². The molecule has 3 heterocycles. The van der Waals surface area contributed by atoms with Crippen LogP contribution in [0.2, 0.25) is 5.02 Å². The molecule has 2 N–H and O–H groups in total. The first-order chi connectivity index (χ1) is 17.8. The van der Waals surface area contributed by atoms with Crippen LogP contribution < -0.4 is 19.3 Å². The first-order valence-electron chi connectivity index (χ1n) is 13.0. The van der Waals surface area contributed by atoms with Crippen LogP contribution >= 0.6 is 11.6 Å². The molecule has 0 bridgehead atoms. The van der Waals surface area contributed by atoms with Crippen molar-refractivity contribution in [3.63, 3.8) is 0 Å². The summed E-state index contributed by atoms with van der Waals surface area (Å²) in [6.07, 6.45) is 4.70. The maximum absolute atomic E-state index is 13.4. The molecule has 1 atom stereocenters. The van der Waals surface area contributed by atoms with Crippen LogP contribution in [0.25, 0.3) is 0 Å². The fourth-order valence-electron chi connectivity index (χ4n) is 5.13. The molecule has 1 saturated carbocycles. The SMILES string of the molecule is CC1(C)CCN(c2ccc(Cl)cc2OC2(C(=O)NS(=O)(=O)c3ncccc3N3CCC(C)(O)C3)CC2)CC1. The number of rotatable bonds is 7. The highest BCUT2D eigenvalue weighted by atomic mass is 35.5. The van der Waals surface area contributed by atoms with Crippen molar-refractivity contribution >= 4 is 38.9 Å². The Balaban J connectivity index is 1.35. The summed E-state index contributed by atoms with van der Waals surface area (Å²) in [5.74, 6) is -0.256. The van der Waals surface area contributed by atoms with Crippen molar-refractivity contribution in [2.24, 2.45) is 5.41 Å². The smallest absolute Gasteiger partial charge is 0.283 e. The molecule has 5 rings (SSSR count). The Morgan fingerprint density at radius 3 is 2.34 bits per heavy atom. The lowest BCUT2D eigenvalue weighted by atomic mass is 9.82. The van der Waals surface area contributed by atoms with Gasteiger partial charge in [0.15, 0.2) is 10.6 Å². The number of nitrogens with zero attached hydrogens (tertiary/aromatic N) is 3. The minimum atomic E-state index is -4.30. The number of anilines is 2. The molecule has 1 aromatic heterocycles. The van der Waals surface area contributed by atoms with Crippen LogP contribution in [-0.2, 0) is 14.8 Å². The number of halogens is 1. The molecule has 11 heteroatoms. The number of amides is 1. The van der Waals surface area contributed by atoms with E-state index in [0.717, 1.165) is 31.6 Å². The second-order valence-electron chi connectivity index (χ2n) is 11.8. The summed E-state index contributed by atoms with van der Waals surface area (Å²) in [6.45, 7) is 8.68. The number of carbonyl (C=O) groups is 1. The lowest BCUT2D eigenvalue weighted by Gasteiger charge is -2.39. The monoisotopic (exact) mass is 562 g/mol. The number of nitrogens with one attached hydrogen (secondary N) is 1. The van der Waals surface area contributed by atoms with Gasteiger partial charge in [-0.1, -0.05) is 25.4 Å². The summed E-state index contributed by atoms with van der Waals surface area (Å²) >= 11 is 6.29. The Morgan fingerprint density at radius 1 is 1.03 bits per heavy atom. The molecular formula is C27H35ClN4O5S. The summed E-state index contributed by atoms with van der Waals surface area (Å²) in [7, 11) is -4.30. The van der Waals surface area contributed by atoms with Gasteiger partial charge in [0, 0.05) is 56.3 Å². The van der Waals surface area contributed by atoms with E-state index in [0.29, 0.717) is 42.3 Å². The average Bonchev–Trinajstić information content (AvgIpc) is 3.54. The van der Waals surface area contributed by atoms with E-state index in [9.17, 15) is 18.3 Å². The topological polar surface area (TPSA) is 112 Å². The first kappa shape index (κ1) is 27.0. The number of pyridine rings is 1. The summed E-state index contributed by atoms with van der Waals surface area (Å²) in [5.41, 5.74) is -0.759. The maximum atomic E-state index is 13.4. The van der Waals surface area contributed by atoms with Gasteiger partial charge in [0.05, 0.1) is 17.0 Å². The number of aromatic nitrogens is 1. The molecule has 1 aromatic carbocycles. The number of ether oxygens (including phenoxy) is 1. The van der Waals surface area contributed by atoms with Crippen LogP contribution in [0.4, 0.5) is 11.4 Å². The first-order valence-corrected chi connectivity index (χ1v) is 14.9. The van der Waals surface area contributed by atoms with Crippen LogP contribution in [0.15, 0.2) is 41.6 Å². The van der Waals surface area contributed by atoms with Gasteiger partial charge in [-0.05, 0) is 55.9 Å². The van der Waals surface area contributed by atoms with Gasteiger partial charge in [0.1, 0.15) is 5.75 Å². The predicted molar refractivity (Wildman–Crippen MR) is 146 cm³/mol. The molecule has 1 unspecified atom stereocenters. The molecule has 2 aliphatic heterocycles. The number of hydrogen-bond donors (Lipinski definition) is 2. The summed E-state index contributed by atoms with van der Waals surface area (Å²) < 4.78 is 35.2. The Labute approximate surface area is 229 Å². The highest BCUT2D eigenvalue weighted by molar-refractivity contribution is 7.90. The number of carbonyl (C=O) groups excluding carboxylic acids is 1. The van der Waals surface area contributed by atoms with E-state index < -0.39 is 27.1 Å². The third-order valence-corrected chi connectivity index (χ3v) is 9.34. The molecule has 3 fully saturated rings. The minimum absolute atomic E-state index is 0.249. The highest BCUT2D eigenvalue weighted by Gasteiger charge is 2.55. The van der Waals surface area contributed by atoms with Crippen molar-refractivity contribution in [2.45, 2.75) is 69.1 Å². The molecule has 0 spiro atoms. The lowest BCUT2D eigenvalue weighted by molar-refractivity contribution is -0.127. The summed E-state index contributed by atoms with van der Waals surface area (Å²) in [6, 6.07) is 8.65. The normalized spacial score (nSPS) is 24.2. The fourth-order valence-corrected chi connectivity index (χ4v) is 6.49. The summed E-state index contributed by atoms with van der Waals surface area (Å²) in [5, 5.41) is 10.6. The van der Waals surface area contributed by atoms with Gasteiger partial charge in [-0.3, -0.25) is 4.79 Å². The van der Waals surface area contributed by atoms with E-state index in [-0.39, 0.29) is 17.0 Å². The van der Waals surface area contributed by atoms with Gasteiger partial charge in [-0.25, -0.2) is 9.71 Å². The molecular weight excluding hydrogens is 528 g/mol. The molecule has 1 amide bonds. The Bertz CT molecular complexity index is 1330. The Kier molecular flexibility index (Phi) is 6.81. The summed E-state index contributed by atoms with van der Waals surface area (Å²) in [4.78, 5) is 21.5. The van der Waals surface area contributed by atoms with Gasteiger partial charge in [-0.2, -0.15) is 8.42 Å². The zero-order chi connectivity index (χ0) is 27.3. The maximum Gasteiger partial charge on any atom is 0.283 e. The minimum Gasteiger partial charge on any atom is -0.475 e. The third-order valence-electron chi connectivity index (χ3n) is 7.83. The van der Waals surface area contributed by atoms with E-state index >= 15 is 0 Å². The quantitative estimate of drug-likeness (QED) is 0.525. The number of β-amino-alcohol motifs (C(OH)–C–C–N with tert-alkyl or cyclic N) is 1. The van der Waals surface area contributed by atoms with E-state index in [1.54, 1.807) is 36.1 Å². The van der Waals surface area contributed by atoms with E-state index in [1.165, 1.54) is 6.20 Å². The van der Waals surface area contributed by atoms with Gasteiger partial charge < -0.3 is 19.6 Å². The highest BCUT2D eigenvalue weighted by Crippen LogP contribution is 2.45. The second-order valence-corrected chi connectivity index (χ2v) is 13.8. The van der Waals surface area contributed by atoms with E-state index in [2.05, 4.69) is 28.5 Å². The molecule has 1 aliphatic carbocycles. The largest absolute Gasteiger partial charge is 0.475 e. The van der Waals surface area contributed by atoms with E-state index in [1.807, 2.05) is 6.07 Å². The van der Waals surface area contributed by atoms with Crippen molar-refractivity contribution in [2.75, 3.05) is 36.0 Å². The number of hydrogen-bond acceptors (Lipinski definition) is 8. The molecule has 9 nitrogen and oxygen atoms in total. The predicted octanol–water partition coefficient (Wildman–Crippen LogP) is 3.74. The standard InChI is InChI=1S/C27H35ClN4O5S/c1-25(2)10-14-31(15-11-25)20-7-6-19(28)17-22(20)37-27(8-9-27)24(33)30-38(35,36)23-21(5-4-13-29-23)32-16-12-26(3,34)18-32/h4-7,13,17,34H,8-12,14-16,18H2,1-3H3,(H,30,33). The fraction of sp³-hybridized carbons (Fsp3) is 0.556. The van der Waals surface area contributed by atoms with Crippen LogP contribution in [0.3, 0.4) is 0 Å². The Hall–Kier alpha value is -2.56. The zero-order valence-corrected chi connectivity index (χ0v) is 23.6. The molecule has 2 aromatic rings. The van der Waals surface area contributed by atoms with Gasteiger partial charge in [0.2, 0.25) is 0 Å². The van der Waals surface area contributed by atoms with Crippen molar-refractivity contribution in [1.82, 2.24) is 9.71 Å². The number of piperidine rings is 1. The van der Waals surface area contributed by atoms with E-state index in [4.69, 9.17) is 16.3 Å². The van der Waals surface area contributed by atoms with Gasteiger partial charge in [-0.15, -0.1) is 0 Å². The van der Waals surface area contributed by atoms with Crippen LogP contribution in [0.5, 0.6) is 5.75 Å². The molecule has 38 heavy (non-hydrogen) atoms. The van der Waals surface area contributed by atoms with Crippen LogP contribution in [-0.4, -0.2) is 61.8 Å². The number of benzene rings is 1. The molecule has 3 aliphatic rings. The lowest BCUT2D eigenvalue weighted by Crippen LogP contribution is -2.44. The number of aliphatic hydroxyl groups is 1. The van der Waals surface area contributed by atoms with Gasteiger partial charge in [0.25, 0.3) is 15.9 Å². The molecule has 2 saturated heterocycles. The number of sulfonamides is 1. The van der Waals surface area contributed by atoms with Gasteiger partial charge >= 0.3 is 0 Å². The van der Waals surface area contributed by atoms with Crippen LogP contribution in [0.1, 0.15) is 52.9 Å². The zero-order valence-electron chi connectivity index (χ0n) is 22.0. The van der Waals surface area contributed by atoms with Crippen molar-refractivity contribution in [3.05, 3.63) is 41.6 Å². The van der Waals surface area contributed by atoms with Crippen molar-refractivity contribution < 1.29 is 23.1 Å².